The predicted molar refractivity (Wildman–Crippen MR) is 212 cm³/mol. The smallest absolute Gasteiger partial charge is 0.394 e. The average Bonchev–Trinajstić information content (AvgIpc) is 3.27. The number of aliphatic hydroxyl groups is 13. The zero-order valence-corrected chi connectivity index (χ0v) is 37.6. The first kappa shape index (κ1) is 57.3. The van der Waals surface area contributed by atoms with Crippen molar-refractivity contribution in [2.24, 2.45) is 0 Å². The van der Waals surface area contributed by atoms with Crippen LogP contribution in [0.15, 0.2) is 0 Å². The maximum absolute atomic E-state index is 12.6. The lowest BCUT2D eigenvalue weighted by Crippen LogP contribution is -2.71. The molecular formula is C36H61N3O29S. The Hall–Kier alpha value is -2.60. The molecule has 32 nitrogen and oxygen atoms in total. The first-order valence-electron chi connectivity index (χ1n) is 21.2. The van der Waals surface area contributed by atoms with Gasteiger partial charge in [0.1, 0.15) is 122 Å². The summed E-state index contributed by atoms with van der Waals surface area (Å²) in [7, 11) is -5.13. The van der Waals surface area contributed by atoms with Gasteiger partial charge in [-0.3, -0.25) is 18.9 Å². The van der Waals surface area contributed by atoms with Crippen LogP contribution in [0.3, 0.4) is 0 Å². The molecule has 3 amide bonds. The maximum Gasteiger partial charge on any atom is 0.397 e. The van der Waals surface area contributed by atoms with Gasteiger partial charge >= 0.3 is 10.4 Å². The number of aliphatic hydroxyl groups excluding tert-OH is 13. The molecule has 0 aliphatic carbocycles. The van der Waals surface area contributed by atoms with Crippen molar-refractivity contribution in [3.63, 3.8) is 0 Å². The molecule has 5 rings (SSSR count). The van der Waals surface area contributed by atoms with Crippen LogP contribution in [0.25, 0.3) is 0 Å². The lowest BCUT2D eigenvalue weighted by Gasteiger charge is -2.50. The van der Waals surface area contributed by atoms with Gasteiger partial charge in [-0.2, -0.15) is 8.42 Å². The van der Waals surface area contributed by atoms with Crippen LogP contribution in [0.5, 0.6) is 0 Å². The van der Waals surface area contributed by atoms with Crippen molar-refractivity contribution in [3.8, 4) is 0 Å². The Morgan fingerprint density at radius 3 is 1.39 bits per heavy atom. The normalized spacial score (nSPS) is 45.3. The second-order valence-corrected chi connectivity index (χ2v) is 17.8. The van der Waals surface area contributed by atoms with E-state index >= 15 is 0 Å². The highest BCUT2D eigenvalue weighted by atomic mass is 32.3. The Morgan fingerprint density at radius 1 is 0.449 bits per heavy atom. The molecule has 0 spiro atoms. The third-order valence-corrected chi connectivity index (χ3v) is 12.1. The van der Waals surface area contributed by atoms with Crippen molar-refractivity contribution < 1.29 is 141 Å². The Morgan fingerprint density at radius 2 is 0.855 bits per heavy atom. The average molecular weight is 1030 g/mol. The molecule has 5 aliphatic heterocycles. The molecule has 5 heterocycles. The van der Waals surface area contributed by atoms with Crippen LogP contribution in [-0.2, 0) is 71.6 Å². The first-order valence-corrected chi connectivity index (χ1v) is 22.6. The number of nitrogens with one attached hydrogen (secondary N) is 3. The van der Waals surface area contributed by atoms with Gasteiger partial charge in [-0.1, -0.05) is 0 Å². The number of rotatable bonds is 18. The van der Waals surface area contributed by atoms with Crippen molar-refractivity contribution in [2.75, 3.05) is 33.0 Å². The quantitative estimate of drug-likeness (QED) is 0.0567. The molecule has 0 aromatic rings. The summed E-state index contributed by atoms with van der Waals surface area (Å²) in [6, 6.07) is -5.10. The second-order valence-electron chi connectivity index (χ2n) is 16.7. The molecule has 400 valence electrons. The van der Waals surface area contributed by atoms with E-state index in [4.69, 9.17) is 47.2 Å². The van der Waals surface area contributed by atoms with Gasteiger partial charge < -0.3 is 125 Å². The fraction of sp³-hybridized carbons (Fsp3) is 0.917. The lowest BCUT2D eigenvalue weighted by molar-refractivity contribution is -0.360. The van der Waals surface area contributed by atoms with Crippen LogP contribution in [-0.4, -0.2) is 283 Å². The van der Waals surface area contributed by atoms with Gasteiger partial charge in [-0.05, 0) is 0 Å². The van der Waals surface area contributed by atoms with Gasteiger partial charge in [0.2, 0.25) is 17.7 Å². The van der Waals surface area contributed by atoms with Crippen molar-refractivity contribution in [1.29, 1.82) is 0 Å². The molecule has 69 heavy (non-hydrogen) atoms. The fourth-order valence-electron chi connectivity index (χ4n) is 8.28. The minimum absolute atomic E-state index is 0.777. The Kier molecular flexibility index (Phi) is 20.3. The molecule has 17 N–H and O–H groups in total. The van der Waals surface area contributed by atoms with Gasteiger partial charge in [-0.25, -0.2) is 4.18 Å². The molecule has 5 saturated heterocycles. The van der Waals surface area contributed by atoms with Crippen LogP contribution >= 0.6 is 0 Å². The molecule has 0 radical (unpaired) electrons. The van der Waals surface area contributed by atoms with E-state index in [0.29, 0.717) is 0 Å². The third kappa shape index (κ3) is 13.7. The molecule has 0 bridgehead atoms. The van der Waals surface area contributed by atoms with Crippen molar-refractivity contribution in [1.82, 2.24) is 16.0 Å². The predicted octanol–water partition coefficient (Wildman–Crippen LogP) is -11.7. The SMILES string of the molecule is CC(=O)N[C@H]1[C@H](OC[C@H]2OC(O)[C@H](NC(C)=O)[C@@H](O[C@@H]3O[C@H](CO)[C@@H](O)[C@H](O[C@@H]4O[C@H](COS(=O)(=O)O)[C@H](O)[C@H](O)[C@H]4O)[C@H]3NC(C)=O)[C@H]2O)O[C@H](CO)[C@@H](O[C@@H]2O[C@H](CO)[C@H](O)[C@H](O)[C@H]2O)[C@@H]1O. The van der Waals surface area contributed by atoms with E-state index in [1.54, 1.807) is 0 Å². The van der Waals surface area contributed by atoms with Crippen molar-refractivity contribution in [2.45, 2.75) is 174 Å². The monoisotopic (exact) mass is 1030 g/mol. The molecular weight excluding hydrogens is 970 g/mol. The standard InChI is InChI=1S/C36H61N3O29S/c1-9(43)37-17-24(50)29(66-35-27(53)25(51)20(46)12(4-40)63-35)14(6-42)64-33(17)59-7-15-23(49)30(18(32(55)61-15)38-10(2)44)67-34-19(39-11(3)45)31(22(48)13(5-41)62-34)68-36-28(54)26(52)21(47)16(65-36)8-60-69(56,57)58/h12-36,40-42,46-55H,4-8H2,1-3H3,(H,37,43)(H,38,44)(H,39,45)(H,56,57,58)/t12-,13-,14-,15-,16-,17-,18-,19-,20+,21+,22-,23+,24-,25+,26+,27-,28-,29-,30-,31-,32?,33-,34+,35+,36+/m1/s1. The zero-order chi connectivity index (χ0) is 51.4. The summed E-state index contributed by atoms with van der Waals surface area (Å²) in [6.07, 6.45) is -41.5. The molecule has 5 aliphatic rings. The molecule has 0 aromatic heterocycles. The van der Waals surface area contributed by atoms with Crippen molar-refractivity contribution in [3.05, 3.63) is 0 Å². The molecule has 0 saturated carbocycles. The summed E-state index contributed by atoms with van der Waals surface area (Å²) < 4.78 is 87.0. The molecule has 1 unspecified atom stereocenters. The van der Waals surface area contributed by atoms with Crippen LogP contribution in [0.2, 0.25) is 0 Å². The van der Waals surface area contributed by atoms with Crippen molar-refractivity contribution >= 4 is 28.1 Å². The van der Waals surface area contributed by atoms with Gasteiger partial charge in [0, 0.05) is 20.8 Å². The summed E-state index contributed by atoms with van der Waals surface area (Å²) in [5.41, 5.74) is 0. The van der Waals surface area contributed by atoms with E-state index in [0.717, 1.165) is 20.8 Å². The lowest BCUT2D eigenvalue weighted by atomic mass is 9.93. The van der Waals surface area contributed by atoms with Gasteiger partial charge in [0.25, 0.3) is 0 Å². The highest BCUT2D eigenvalue weighted by molar-refractivity contribution is 7.80. The number of ether oxygens (including phenoxy) is 9. The summed E-state index contributed by atoms with van der Waals surface area (Å²) in [6.45, 7) is -1.74. The second kappa shape index (κ2) is 24.4. The molecule has 5 fully saturated rings. The fourth-order valence-corrected chi connectivity index (χ4v) is 8.58. The minimum atomic E-state index is -5.13. The highest BCUT2D eigenvalue weighted by Gasteiger charge is 2.56. The number of carbonyl (C=O) groups excluding carboxylic acids is 3. The summed E-state index contributed by atoms with van der Waals surface area (Å²) in [5, 5.41) is 146. The van der Waals surface area contributed by atoms with E-state index in [-0.39, 0.29) is 0 Å². The van der Waals surface area contributed by atoms with Crippen LogP contribution in [0, 0.1) is 0 Å². The third-order valence-electron chi connectivity index (χ3n) is 11.7. The van der Waals surface area contributed by atoms with E-state index in [2.05, 4.69) is 20.1 Å². The van der Waals surface area contributed by atoms with Crippen LogP contribution in [0.1, 0.15) is 20.8 Å². The van der Waals surface area contributed by atoms with E-state index in [1.807, 2.05) is 0 Å². The molecule has 33 heteroatoms. The first-order chi connectivity index (χ1) is 32.3. The number of carbonyl (C=O) groups is 3. The summed E-state index contributed by atoms with van der Waals surface area (Å²) in [4.78, 5) is 37.4. The zero-order valence-electron chi connectivity index (χ0n) is 36.8. The topological polar surface area (TPSA) is 497 Å². The van der Waals surface area contributed by atoms with Crippen LogP contribution in [0.4, 0.5) is 0 Å². The Labute approximate surface area is 391 Å². The summed E-state index contributed by atoms with van der Waals surface area (Å²) >= 11 is 0. The summed E-state index contributed by atoms with van der Waals surface area (Å²) in [5.74, 6) is -2.47. The van der Waals surface area contributed by atoms with Crippen LogP contribution < -0.4 is 16.0 Å². The van der Waals surface area contributed by atoms with Gasteiger partial charge in [0.05, 0.1) is 33.0 Å². The van der Waals surface area contributed by atoms with E-state index in [1.165, 1.54) is 0 Å². The van der Waals surface area contributed by atoms with Gasteiger partial charge in [-0.15, -0.1) is 0 Å². The van der Waals surface area contributed by atoms with Gasteiger partial charge in [0.15, 0.2) is 31.5 Å². The number of amides is 3. The van der Waals surface area contributed by atoms with E-state index < -0.39 is 214 Å². The largest absolute Gasteiger partial charge is 0.397 e. The minimum Gasteiger partial charge on any atom is -0.394 e. The Balaban J connectivity index is 1.39. The molecule has 0 aromatic carbocycles. The van der Waals surface area contributed by atoms with E-state index in [9.17, 15) is 89.2 Å². The Bertz CT molecular complexity index is 1810. The number of hydrogen-bond acceptors (Lipinski definition) is 28. The number of hydrogen-bond donors (Lipinski definition) is 17. The highest BCUT2D eigenvalue weighted by Crippen LogP contribution is 2.34. The maximum atomic E-state index is 12.6. The molecule has 25 atom stereocenters.